The first-order chi connectivity index (χ1) is 24.7. The molecule has 2 rings (SSSR count). The quantitative estimate of drug-likeness (QED) is 0.107. The van der Waals surface area contributed by atoms with Crippen molar-refractivity contribution >= 4 is 0 Å². The highest BCUT2D eigenvalue weighted by Crippen LogP contribution is 2.41. The number of allylic oxidation sites excluding steroid dienone is 22. The molecule has 0 saturated carbocycles. The van der Waals surface area contributed by atoms with E-state index in [1.807, 2.05) is 62.5 Å². The van der Waals surface area contributed by atoms with Crippen LogP contribution in [0.2, 0.25) is 0 Å². The molecule has 0 spiro atoms. The van der Waals surface area contributed by atoms with Gasteiger partial charge in [-0.1, -0.05) is 151 Å². The molecule has 7 heteroatoms. The second-order valence-electron chi connectivity index (χ2n) is 15.7. The van der Waals surface area contributed by atoms with Gasteiger partial charge in [-0.05, 0) is 86.1 Å². The second kappa shape index (κ2) is 21.5. The Morgan fingerprint density at radius 3 is 1.64 bits per heavy atom. The van der Waals surface area contributed by atoms with Gasteiger partial charge in [-0.2, -0.15) is 0 Å². The number of aliphatic hydroxyl groups excluding tert-OH is 4. The molecule has 5 N–H and O–H groups in total. The number of hydrogen-bond acceptors (Lipinski definition) is 7. The van der Waals surface area contributed by atoms with E-state index in [0.717, 1.165) is 35.1 Å². The van der Waals surface area contributed by atoms with E-state index in [1.165, 1.54) is 16.7 Å². The summed E-state index contributed by atoms with van der Waals surface area (Å²) >= 11 is 0. The smallest absolute Gasteiger partial charge is 0.187 e. The van der Waals surface area contributed by atoms with Crippen molar-refractivity contribution in [2.45, 2.75) is 138 Å². The van der Waals surface area contributed by atoms with E-state index in [9.17, 15) is 25.5 Å². The highest BCUT2D eigenvalue weighted by atomic mass is 16.7. The predicted molar refractivity (Wildman–Crippen MR) is 219 cm³/mol. The molecule has 53 heavy (non-hydrogen) atoms. The van der Waals surface area contributed by atoms with Gasteiger partial charge in [0, 0.05) is 0 Å². The summed E-state index contributed by atoms with van der Waals surface area (Å²) in [7, 11) is 0. The number of ether oxygens (including phenoxy) is 2. The van der Waals surface area contributed by atoms with E-state index in [-0.39, 0.29) is 11.5 Å². The summed E-state index contributed by atoms with van der Waals surface area (Å²) in [6, 6.07) is 0. The molecule has 0 aromatic heterocycles. The number of aliphatic hydroxyl groups is 5. The average molecular weight is 731 g/mol. The van der Waals surface area contributed by atoms with Crippen LogP contribution in [0.3, 0.4) is 0 Å². The Balaban J connectivity index is 1.90. The zero-order valence-corrected chi connectivity index (χ0v) is 33.8. The SMILES string of the molecule is CC(C=CC=C(C)C=CC=C(C)C=CC(OC1OC(C)C(O)C(O)C1O)C(C)(C)O)=CC=CC=C(C)C=CC=C(C)C=CC1=C(C)CC(O)CC1(C)C. The van der Waals surface area contributed by atoms with Crippen molar-refractivity contribution in [3.8, 4) is 0 Å². The Kier molecular flexibility index (Phi) is 18.5. The molecule has 2 aliphatic rings. The van der Waals surface area contributed by atoms with E-state index in [4.69, 9.17) is 9.47 Å². The second-order valence-corrected chi connectivity index (χ2v) is 15.7. The first-order valence-corrected chi connectivity index (χ1v) is 18.6. The van der Waals surface area contributed by atoms with Crippen LogP contribution in [0.5, 0.6) is 0 Å². The summed E-state index contributed by atoms with van der Waals surface area (Å²) in [5.41, 5.74) is 6.72. The van der Waals surface area contributed by atoms with Gasteiger partial charge in [-0.3, -0.25) is 0 Å². The molecular weight excluding hydrogens is 664 g/mol. The molecule has 0 radical (unpaired) electrons. The molecule has 7 nitrogen and oxygen atoms in total. The summed E-state index contributed by atoms with van der Waals surface area (Å²) in [6.07, 6.45) is 28.8. The Morgan fingerprint density at radius 1 is 0.717 bits per heavy atom. The van der Waals surface area contributed by atoms with E-state index >= 15 is 0 Å². The number of hydrogen-bond donors (Lipinski definition) is 5. The van der Waals surface area contributed by atoms with Crippen molar-refractivity contribution in [2.75, 3.05) is 0 Å². The summed E-state index contributed by atoms with van der Waals surface area (Å²) in [4.78, 5) is 0. The molecule has 292 valence electrons. The third kappa shape index (κ3) is 16.2. The monoisotopic (exact) mass is 730 g/mol. The van der Waals surface area contributed by atoms with E-state index in [1.54, 1.807) is 26.8 Å². The minimum Gasteiger partial charge on any atom is -0.393 e. The highest BCUT2D eigenvalue weighted by Gasteiger charge is 2.44. The summed E-state index contributed by atoms with van der Waals surface area (Å²) in [6.45, 7) is 21.5. The van der Waals surface area contributed by atoms with Crippen molar-refractivity contribution in [1.29, 1.82) is 0 Å². The predicted octanol–water partition coefficient (Wildman–Crippen LogP) is 8.54. The Labute approximate surface area is 319 Å². The zero-order chi connectivity index (χ0) is 39.9. The molecular formula is C46H66O7. The lowest BCUT2D eigenvalue weighted by atomic mass is 9.71. The van der Waals surface area contributed by atoms with E-state index in [0.29, 0.717) is 0 Å². The van der Waals surface area contributed by atoms with Gasteiger partial charge in [0.2, 0.25) is 0 Å². The summed E-state index contributed by atoms with van der Waals surface area (Å²) in [5, 5.41) is 51.2. The van der Waals surface area contributed by atoms with Crippen LogP contribution in [0.1, 0.15) is 89.0 Å². The topological polar surface area (TPSA) is 120 Å². The summed E-state index contributed by atoms with van der Waals surface area (Å²) in [5.74, 6) is 0. The van der Waals surface area contributed by atoms with Gasteiger partial charge in [-0.25, -0.2) is 0 Å². The van der Waals surface area contributed by atoms with Crippen molar-refractivity contribution in [2.24, 2.45) is 5.41 Å². The first-order valence-electron chi connectivity index (χ1n) is 18.6. The molecule has 0 aromatic rings. The molecule has 1 aliphatic heterocycles. The van der Waals surface area contributed by atoms with Crippen molar-refractivity contribution < 1.29 is 35.0 Å². The third-order valence-electron chi connectivity index (χ3n) is 9.29. The molecule has 0 amide bonds. The fraction of sp³-hybridized carbons (Fsp3) is 0.478. The van der Waals surface area contributed by atoms with Gasteiger partial charge in [-0.15, -0.1) is 0 Å². The van der Waals surface area contributed by atoms with Gasteiger partial charge in [0.05, 0.1) is 17.8 Å². The average Bonchev–Trinajstić information content (AvgIpc) is 3.04. The van der Waals surface area contributed by atoms with Crippen molar-refractivity contribution in [3.05, 3.63) is 142 Å². The van der Waals surface area contributed by atoms with Crippen LogP contribution in [0.15, 0.2) is 142 Å². The molecule has 0 bridgehead atoms. The van der Waals surface area contributed by atoms with Crippen LogP contribution in [-0.4, -0.2) is 74.0 Å². The lowest BCUT2D eigenvalue weighted by molar-refractivity contribution is -0.309. The fourth-order valence-corrected chi connectivity index (χ4v) is 6.10. The maximum atomic E-state index is 10.7. The largest absolute Gasteiger partial charge is 0.393 e. The number of rotatable bonds is 15. The minimum atomic E-state index is -1.45. The first kappa shape index (κ1) is 45.8. The zero-order valence-electron chi connectivity index (χ0n) is 33.8. The maximum absolute atomic E-state index is 10.7. The van der Waals surface area contributed by atoms with E-state index < -0.39 is 42.4 Å². The van der Waals surface area contributed by atoms with Crippen LogP contribution >= 0.6 is 0 Å². The van der Waals surface area contributed by atoms with Gasteiger partial charge >= 0.3 is 0 Å². The van der Waals surface area contributed by atoms with Crippen LogP contribution in [0.4, 0.5) is 0 Å². The van der Waals surface area contributed by atoms with Crippen LogP contribution in [0.25, 0.3) is 0 Å². The fourth-order valence-electron chi connectivity index (χ4n) is 6.10. The molecule has 7 unspecified atom stereocenters. The molecule has 7 atom stereocenters. The van der Waals surface area contributed by atoms with Crippen LogP contribution in [0, 0.1) is 5.41 Å². The lowest BCUT2D eigenvalue weighted by Gasteiger charge is -2.41. The minimum absolute atomic E-state index is 0.0186. The standard InChI is InChI=1S/C46H66O7/c1-31(17-12-13-18-32(2)20-15-23-34(4)25-27-39-36(6)29-38(47)30-45(39,8)9)19-14-21-33(3)22-16-24-35(5)26-28-40(46(10,11)51)53-44-43(50)42(49)41(48)37(7)52-44/h12-28,37-38,40-44,47-51H,29-30H2,1-11H3. The molecule has 1 heterocycles. The Morgan fingerprint density at radius 2 is 1.17 bits per heavy atom. The molecule has 1 aliphatic carbocycles. The van der Waals surface area contributed by atoms with Gasteiger partial charge in [0.25, 0.3) is 0 Å². The third-order valence-corrected chi connectivity index (χ3v) is 9.29. The molecule has 1 fully saturated rings. The van der Waals surface area contributed by atoms with Crippen LogP contribution < -0.4 is 0 Å². The lowest BCUT2D eigenvalue weighted by Crippen LogP contribution is -2.58. The Hall–Kier alpha value is -3.40. The van der Waals surface area contributed by atoms with Crippen LogP contribution in [-0.2, 0) is 9.47 Å². The normalized spacial score (nSPS) is 28.3. The maximum Gasteiger partial charge on any atom is 0.187 e. The summed E-state index contributed by atoms with van der Waals surface area (Å²) < 4.78 is 11.4. The van der Waals surface area contributed by atoms with E-state index in [2.05, 4.69) is 90.2 Å². The van der Waals surface area contributed by atoms with Crippen molar-refractivity contribution in [1.82, 2.24) is 0 Å². The van der Waals surface area contributed by atoms with Gasteiger partial charge in [0.15, 0.2) is 6.29 Å². The molecule has 1 saturated heterocycles. The van der Waals surface area contributed by atoms with Gasteiger partial charge in [0.1, 0.15) is 24.4 Å². The molecule has 0 aromatic carbocycles. The van der Waals surface area contributed by atoms with Gasteiger partial charge < -0.3 is 35.0 Å². The van der Waals surface area contributed by atoms with Crippen molar-refractivity contribution in [3.63, 3.8) is 0 Å². The highest BCUT2D eigenvalue weighted by molar-refractivity contribution is 5.38. The Bertz CT molecular complexity index is 1580.